The summed E-state index contributed by atoms with van der Waals surface area (Å²) in [5, 5.41) is 0.774. The fourth-order valence-electron chi connectivity index (χ4n) is 3.48. The molecule has 27 heavy (non-hydrogen) atoms. The van der Waals surface area contributed by atoms with Crippen LogP contribution in [0.25, 0.3) is 10.9 Å². The number of benzene rings is 2. The van der Waals surface area contributed by atoms with E-state index >= 15 is 0 Å². The summed E-state index contributed by atoms with van der Waals surface area (Å²) in [5.74, 6) is 0.101. The van der Waals surface area contributed by atoms with Gasteiger partial charge in [-0.25, -0.2) is 18.7 Å². The smallest absolute Gasteiger partial charge is 0.297 e. The maximum Gasteiger partial charge on any atom is 0.297 e. The molecule has 4 rings (SSSR count). The lowest BCUT2D eigenvalue weighted by Crippen LogP contribution is -2.33. The largest absolute Gasteiger partial charge is 0.376 e. The van der Waals surface area contributed by atoms with E-state index in [0.29, 0.717) is 24.4 Å². The summed E-state index contributed by atoms with van der Waals surface area (Å²) in [5.41, 5.74) is 1.62. The van der Waals surface area contributed by atoms with E-state index in [1.165, 1.54) is 0 Å². The minimum atomic E-state index is -2.71. The summed E-state index contributed by atoms with van der Waals surface area (Å²) in [7, 11) is 0. The zero-order valence-electron chi connectivity index (χ0n) is 14.9. The van der Waals surface area contributed by atoms with Crippen molar-refractivity contribution in [1.82, 2.24) is 9.97 Å². The van der Waals surface area contributed by atoms with Gasteiger partial charge in [0, 0.05) is 25.1 Å². The molecule has 140 valence electrons. The summed E-state index contributed by atoms with van der Waals surface area (Å²) in [6, 6.07) is 17.3. The van der Waals surface area contributed by atoms with Crippen molar-refractivity contribution >= 4 is 16.7 Å². The van der Waals surface area contributed by atoms with Gasteiger partial charge >= 0.3 is 0 Å². The van der Waals surface area contributed by atoms with Gasteiger partial charge in [-0.1, -0.05) is 42.5 Å². The molecule has 0 saturated carbocycles. The molecule has 1 aliphatic rings. The maximum atomic E-state index is 13.4. The van der Waals surface area contributed by atoms with Crippen LogP contribution in [-0.4, -0.2) is 29.2 Å². The van der Waals surface area contributed by atoms with Gasteiger partial charge < -0.3 is 9.64 Å². The van der Waals surface area contributed by atoms with Crippen LogP contribution in [0.2, 0.25) is 0 Å². The number of nitrogens with zero attached hydrogens (tertiary/aromatic N) is 3. The van der Waals surface area contributed by atoms with E-state index in [-0.39, 0.29) is 6.10 Å². The predicted molar refractivity (Wildman–Crippen MR) is 101 cm³/mol. The SMILES string of the molecule is FC(F)c1nc(N(Cc2ccccc2)CC2CCCO2)c2ccccc2n1. The molecule has 4 nitrogen and oxygen atoms in total. The number of alkyl halides is 2. The van der Waals surface area contributed by atoms with Crippen molar-refractivity contribution in [2.24, 2.45) is 0 Å². The number of para-hydroxylation sites is 1. The molecule has 3 aromatic rings. The highest BCUT2D eigenvalue weighted by Gasteiger charge is 2.24. The van der Waals surface area contributed by atoms with Crippen LogP contribution in [-0.2, 0) is 11.3 Å². The van der Waals surface area contributed by atoms with Crippen LogP contribution in [0.3, 0.4) is 0 Å². The number of aromatic nitrogens is 2. The van der Waals surface area contributed by atoms with E-state index < -0.39 is 12.2 Å². The molecule has 1 atom stereocenters. The number of hydrogen-bond acceptors (Lipinski definition) is 4. The van der Waals surface area contributed by atoms with Gasteiger partial charge in [0.2, 0.25) is 0 Å². The summed E-state index contributed by atoms with van der Waals surface area (Å²) in [6.45, 7) is 1.93. The first-order valence-electron chi connectivity index (χ1n) is 9.16. The number of fused-ring (bicyclic) bond motifs is 1. The third kappa shape index (κ3) is 4.06. The first kappa shape index (κ1) is 17.8. The Morgan fingerprint density at radius 1 is 1.04 bits per heavy atom. The average Bonchev–Trinajstić information content (AvgIpc) is 3.20. The fourth-order valence-corrected chi connectivity index (χ4v) is 3.48. The Hall–Kier alpha value is -2.60. The fraction of sp³-hybridized carbons (Fsp3) is 0.333. The zero-order valence-corrected chi connectivity index (χ0v) is 14.9. The van der Waals surface area contributed by atoms with Crippen molar-refractivity contribution in [2.75, 3.05) is 18.1 Å². The number of anilines is 1. The number of rotatable bonds is 6. The van der Waals surface area contributed by atoms with Gasteiger partial charge in [0.15, 0.2) is 5.82 Å². The highest BCUT2D eigenvalue weighted by molar-refractivity contribution is 5.89. The molecule has 0 spiro atoms. The number of ether oxygens (including phenoxy) is 1. The number of halogens is 2. The van der Waals surface area contributed by atoms with Gasteiger partial charge in [0.05, 0.1) is 11.6 Å². The lowest BCUT2D eigenvalue weighted by molar-refractivity contribution is 0.115. The highest BCUT2D eigenvalue weighted by Crippen LogP contribution is 2.29. The molecule has 0 aliphatic carbocycles. The highest BCUT2D eigenvalue weighted by atomic mass is 19.3. The van der Waals surface area contributed by atoms with Crippen molar-refractivity contribution < 1.29 is 13.5 Å². The molecular weight excluding hydrogens is 348 g/mol. The first-order chi connectivity index (χ1) is 13.2. The van der Waals surface area contributed by atoms with Crippen LogP contribution in [0, 0.1) is 0 Å². The van der Waals surface area contributed by atoms with Crippen molar-refractivity contribution in [1.29, 1.82) is 0 Å². The van der Waals surface area contributed by atoms with Gasteiger partial charge in [-0.15, -0.1) is 0 Å². The molecular formula is C21H21F2N3O. The molecule has 2 heterocycles. The second kappa shape index (κ2) is 7.96. The first-order valence-corrected chi connectivity index (χ1v) is 9.16. The quantitative estimate of drug-likeness (QED) is 0.628. The topological polar surface area (TPSA) is 38.2 Å². The molecule has 1 unspecified atom stereocenters. The summed E-state index contributed by atoms with van der Waals surface area (Å²) in [4.78, 5) is 10.3. The van der Waals surface area contributed by atoms with Crippen LogP contribution >= 0.6 is 0 Å². The normalized spacial score (nSPS) is 16.9. The Bertz CT molecular complexity index is 898. The Labute approximate surface area is 156 Å². The van der Waals surface area contributed by atoms with Gasteiger partial charge in [-0.05, 0) is 30.5 Å². The third-order valence-electron chi connectivity index (χ3n) is 4.76. The molecule has 0 bridgehead atoms. The van der Waals surface area contributed by atoms with Crippen LogP contribution < -0.4 is 4.90 Å². The van der Waals surface area contributed by atoms with E-state index in [2.05, 4.69) is 9.97 Å². The van der Waals surface area contributed by atoms with Crippen LogP contribution in [0.1, 0.15) is 30.7 Å². The van der Waals surface area contributed by atoms with Crippen molar-refractivity contribution in [3.8, 4) is 0 Å². The predicted octanol–water partition coefficient (Wildman–Crippen LogP) is 4.75. The Kier molecular flexibility index (Phi) is 5.25. The number of hydrogen-bond donors (Lipinski definition) is 0. The van der Waals surface area contributed by atoms with E-state index in [1.54, 1.807) is 12.1 Å². The Morgan fingerprint density at radius 3 is 2.56 bits per heavy atom. The van der Waals surface area contributed by atoms with Gasteiger partial charge in [-0.2, -0.15) is 0 Å². The maximum absolute atomic E-state index is 13.4. The Balaban J connectivity index is 1.77. The summed E-state index contributed by atoms with van der Waals surface area (Å²) < 4.78 is 32.6. The zero-order chi connectivity index (χ0) is 18.6. The van der Waals surface area contributed by atoms with Gasteiger partial charge in [0.1, 0.15) is 5.82 Å². The van der Waals surface area contributed by atoms with E-state index in [9.17, 15) is 8.78 Å². The Morgan fingerprint density at radius 2 is 1.81 bits per heavy atom. The second-order valence-corrected chi connectivity index (χ2v) is 6.72. The minimum Gasteiger partial charge on any atom is -0.376 e. The second-order valence-electron chi connectivity index (χ2n) is 6.72. The summed E-state index contributed by atoms with van der Waals surface area (Å²) in [6.07, 6.45) is -0.640. The van der Waals surface area contributed by atoms with E-state index in [0.717, 1.165) is 30.4 Å². The molecule has 0 radical (unpaired) electrons. The molecule has 2 aromatic carbocycles. The monoisotopic (exact) mass is 369 g/mol. The molecule has 1 saturated heterocycles. The third-order valence-corrected chi connectivity index (χ3v) is 4.76. The van der Waals surface area contributed by atoms with Gasteiger partial charge in [-0.3, -0.25) is 0 Å². The summed E-state index contributed by atoms with van der Waals surface area (Å²) >= 11 is 0. The average molecular weight is 369 g/mol. The van der Waals surface area contributed by atoms with Crippen LogP contribution in [0.15, 0.2) is 54.6 Å². The van der Waals surface area contributed by atoms with Crippen LogP contribution in [0.5, 0.6) is 0 Å². The van der Waals surface area contributed by atoms with Crippen molar-refractivity contribution in [2.45, 2.75) is 31.9 Å². The van der Waals surface area contributed by atoms with Crippen molar-refractivity contribution in [3.05, 3.63) is 66.0 Å². The molecule has 1 aromatic heterocycles. The molecule has 0 N–H and O–H groups in total. The van der Waals surface area contributed by atoms with Crippen LogP contribution in [0.4, 0.5) is 14.6 Å². The van der Waals surface area contributed by atoms with Crippen molar-refractivity contribution in [3.63, 3.8) is 0 Å². The molecule has 6 heteroatoms. The lowest BCUT2D eigenvalue weighted by atomic mass is 10.1. The standard InChI is InChI=1S/C21H21F2N3O/c22-19(23)20-24-18-11-5-4-10-17(18)21(25-20)26(14-16-9-6-12-27-16)13-15-7-2-1-3-8-15/h1-5,7-8,10-11,16,19H,6,9,12-14H2. The molecule has 1 fully saturated rings. The van der Waals surface area contributed by atoms with Gasteiger partial charge in [0.25, 0.3) is 6.43 Å². The molecule has 1 aliphatic heterocycles. The minimum absolute atomic E-state index is 0.0810. The van der Waals surface area contributed by atoms with E-state index in [1.807, 2.05) is 47.4 Å². The molecule has 0 amide bonds. The van der Waals surface area contributed by atoms with E-state index in [4.69, 9.17) is 4.74 Å². The lowest BCUT2D eigenvalue weighted by Gasteiger charge is -2.28.